The maximum absolute atomic E-state index is 6.48. The fourth-order valence-electron chi connectivity index (χ4n) is 7.47. The van der Waals surface area contributed by atoms with Gasteiger partial charge in [-0.3, -0.25) is 0 Å². The molecule has 240 valence electrons. The van der Waals surface area contributed by atoms with Gasteiger partial charge in [0.15, 0.2) is 0 Å². The van der Waals surface area contributed by atoms with Crippen LogP contribution in [0.1, 0.15) is 0 Å². The van der Waals surface area contributed by atoms with Gasteiger partial charge in [0.05, 0.1) is 16.1 Å². The molecule has 0 fully saturated rings. The van der Waals surface area contributed by atoms with Crippen LogP contribution in [-0.4, -0.2) is 0 Å². The second-order valence-electron chi connectivity index (χ2n) is 12.9. The van der Waals surface area contributed by atoms with Crippen LogP contribution in [0.2, 0.25) is 0 Å². The zero-order valence-electron chi connectivity index (χ0n) is 27.7. The first-order valence-corrected chi connectivity index (χ1v) is 18.1. The van der Waals surface area contributed by atoms with E-state index in [1.54, 1.807) is 0 Å². The molecule has 0 saturated heterocycles. The number of nitrogens with zero attached hydrogens (tertiary/aromatic N) is 1. The summed E-state index contributed by atoms with van der Waals surface area (Å²) in [5.74, 6) is 0. The molecule has 0 N–H and O–H groups in total. The number of rotatable bonds is 6. The molecular weight excluding hydrogens is 639 g/mol. The second-order valence-corrected chi connectivity index (χ2v) is 13.9. The van der Waals surface area contributed by atoms with Gasteiger partial charge in [0, 0.05) is 43.1 Å². The van der Waals surface area contributed by atoms with Crippen LogP contribution in [0.15, 0.2) is 192 Å². The maximum atomic E-state index is 6.48. The van der Waals surface area contributed by atoms with Gasteiger partial charge in [0.2, 0.25) is 0 Å². The van der Waals surface area contributed by atoms with Crippen molar-refractivity contribution in [1.29, 1.82) is 0 Å². The quantitative estimate of drug-likeness (QED) is 0.175. The van der Waals surface area contributed by atoms with Crippen molar-refractivity contribution in [2.24, 2.45) is 0 Å². The normalized spacial score (nSPS) is 11.5. The molecule has 2 nitrogen and oxygen atoms in total. The number of fused-ring (bicyclic) bond motifs is 6. The zero-order valence-corrected chi connectivity index (χ0v) is 28.5. The summed E-state index contributed by atoms with van der Waals surface area (Å²) in [5.41, 5.74) is 12.2. The molecule has 51 heavy (non-hydrogen) atoms. The first-order chi connectivity index (χ1) is 25.3. The van der Waals surface area contributed by atoms with Crippen LogP contribution < -0.4 is 4.90 Å². The van der Waals surface area contributed by atoms with Gasteiger partial charge in [-0.25, -0.2) is 0 Å². The summed E-state index contributed by atoms with van der Waals surface area (Å²) in [4.78, 5) is 2.43. The number of benzene rings is 8. The molecule has 0 saturated carbocycles. The topological polar surface area (TPSA) is 16.4 Å². The van der Waals surface area contributed by atoms with Crippen LogP contribution in [0.25, 0.3) is 75.5 Å². The van der Waals surface area contributed by atoms with E-state index in [2.05, 4.69) is 187 Å². The molecule has 0 aliphatic rings. The number of thiophene rings is 1. The SMILES string of the molecule is c1ccc(-c2ccccc2N(c2ccc(-c3ccc4oc5c(-c6ccccc6)cccc5c4c3)cc2)c2cccc3c2sc2ccccc23)cc1. The van der Waals surface area contributed by atoms with Crippen LogP contribution >= 0.6 is 11.3 Å². The Morgan fingerprint density at radius 2 is 1.00 bits per heavy atom. The minimum atomic E-state index is 0.897. The minimum absolute atomic E-state index is 0.897. The van der Waals surface area contributed by atoms with Crippen molar-refractivity contribution in [2.75, 3.05) is 4.90 Å². The smallest absolute Gasteiger partial charge is 0.143 e. The van der Waals surface area contributed by atoms with Gasteiger partial charge in [0.1, 0.15) is 11.2 Å². The standard InChI is InChI=1S/C48H31NOS/c1-3-13-33(14-4-1)37-17-7-9-22-43(37)49(44-23-12-21-41-39-18-8-10-24-46(39)51-48(41)44)36-28-25-32(26-29-36)35-27-30-45-42(31-35)40-20-11-19-38(47(40)50-45)34-15-5-2-6-16-34/h1-31H. The van der Waals surface area contributed by atoms with E-state index in [9.17, 15) is 0 Å². The molecule has 10 rings (SSSR count). The largest absolute Gasteiger partial charge is 0.455 e. The molecule has 0 atom stereocenters. The predicted octanol–water partition coefficient (Wildman–Crippen LogP) is 14.4. The fraction of sp³-hybridized carbons (Fsp3) is 0. The van der Waals surface area contributed by atoms with Crippen LogP contribution in [0, 0.1) is 0 Å². The summed E-state index contributed by atoms with van der Waals surface area (Å²) in [6, 6.07) is 67.3. The third-order valence-corrected chi connectivity index (χ3v) is 11.1. The highest BCUT2D eigenvalue weighted by atomic mass is 32.1. The highest BCUT2D eigenvalue weighted by Crippen LogP contribution is 2.47. The summed E-state index contributed by atoms with van der Waals surface area (Å²) in [5, 5.41) is 4.83. The average molecular weight is 670 g/mol. The Morgan fingerprint density at radius 1 is 0.392 bits per heavy atom. The number of furan rings is 1. The molecule has 0 amide bonds. The lowest BCUT2D eigenvalue weighted by atomic mass is 9.99. The van der Waals surface area contributed by atoms with Crippen molar-refractivity contribution in [3.63, 3.8) is 0 Å². The van der Waals surface area contributed by atoms with Crippen molar-refractivity contribution in [1.82, 2.24) is 0 Å². The monoisotopic (exact) mass is 669 g/mol. The van der Waals surface area contributed by atoms with Crippen molar-refractivity contribution >= 4 is 70.5 Å². The van der Waals surface area contributed by atoms with E-state index in [1.807, 2.05) is 17.4 Å². The van der Waals surface area contributed by atoms with E-state index in [4.69, 9.17) is 4.42 Å². The van der Waals surface area contributed by atoms with Gasteiger partial charge in [-0.2, -0.15) is 0 Å². The third-order valence-electron chi connectivity index (χ3n) is 9.89. The Labute approximate surface area is 300 Å². The summed E-state index contributed by atoms with van der Waals surface area (Å²) < 4.78 is 9.05. The van der Waals surface area contributed by atoms with Gasteiger partial charge in [-0.05, 0) is 64.7 Å². The van der Waals surface area contributed by atoms with Gasteiger partial charge >= 0.3 is 0 Å². The van der Waals surface area contributed by atoms with Crippen LogP contribution in [0.4, 0.5) is 17.1 Å². The van der Waals surface area contributed by atoms with E-state index < -0.39 is 0 Å². The fourth-order valence-corrected chi connectivity index (χ4v) is 8.68. The predicted molar refractivity (Wildman–Crippen MR) is 218 cm³/mol. The maximum Gasteiger partial charge on any atom is 0.143 e. The number of para-hydroxylation sites is 2. The first kappa shape index (κ1) is 29.5. The molecule has 2 aromatic heterocycles. The van der Waals surface area contributed by atoms with Gasteiger partial charge < -0.3 is 9.32 Å². The van der Waals surface area contributed by atoms with E-state index in [0.29, 0.717) is 0 Å². The van der Waals surface area contributed by atoms with E-state index >= 15 is 0 Å². The van der Waals surface area contributed by atoms with E-state index in [1.165, 1.54) is 37.0 Å². The molecule has 2 heterocycles. The zero-order chi connectivity index (χ0) is 33.7. The highest BCUT2D eigenvalue weighted by Gasteiger charge is 2.21. The Kier molecular flexibility index (Phi) is 7.04. The summed E-state index contributed by atoms with van der Waals surface area (Å²) in [6.07, 6.45) is 0. The summed E-state index contributed by atoms with van der Waals surface area (Å²) >= 11 is 1.86. The van der Waals surface area contributed by atoms with E-state index in [0.717, 1.165) is 55.6 Å². The third kappa shape index (κ3) is 5.01. The Balaban J connectivity index is 1.11. The highest BCUT2D eigenvalue weighted by molar-refractivity contribution is 7.26. The first-order valence-electron chi connectivity index (χ1n) is 17.3. The lowest BCUT2D eigenvalue weighted by molar-refractivity contribution is 0.670. The Morgan fingerprint density at radius 3 is 1.82 bits per heavy atom. The van der Waals surface area contributed by atoms with Crippen molar-refractivity contribution < 1.29 is 4.42 Å². The van der Waals surface area contributed by atoms with Gasteiger partial charge in [-0.1, -0.05) is 146 Å². The molecule has 0 aliphatic heterocycles. The molecule has 0 aliphatic carbocycles. The average Bonchev–Trinajstić information content (AvgIpc) is 3.78. The summed E-state index contributed by atoms with van der Waals surface area (Å²) in [7, 11) is 0. The molecule has 3 heteroatoms. The molecule has 8 aromatic carbocycles. The van der Waals surface area contributed by atoms with E-state index in [-0.39, 0.29) is 0 Å². The molecule has 0 unspecified atom stereocenters. The van der Waals surface area contributed by atoms with Gasteiger partial charge in [0.25, 0.3) is 0 Å². The number of hydrogen-bond donors (Lipinski definition) is 0. The van der Waals surface area contributed by atoms with Crippen LogP contribution in [0.5, 0.6) is 0 Å². The molecule has 0 spiro atoms. The van der Waals surface area contributed by atoms with Crippen LogP contribution in [-0.2, 0) is 0 Å². The van der Waals surface area contributed by atoms with Gasteiger partial charge in [-0.15, -0.1) is 11.3 Å². The van der Waals surface area contributed by atoms with Crippen molar-refractivity contribution in [3.8, 4) is 33.4 Å². The van der Waals surface area contributed by atoms with Crippen molar-refractivity contribution in [3.05, 3.63) is 188 Å². The minimum Gasteiger partial charge on any atom is -0.455 e. The van der Waals surface area contributed by atoms with Crippen LogP contribution in [0.3, 0.4) is 0 Å². The molecule has 0 radical (unpaired) electrons. The molecule has 0 bridgehead atoms. The lowest BCUT2D eigenvalue weighted by Gasteiger charge is -2.28. The summed E-state index contributed by atoms with van der Waals surface area (Å²) in [6.45, 7) is 0. The Hall–Kier alpha value is -6.42. The van der Waals surface area contributed by atoms with Crippen molar-refractivity contribution in [2.45, 2.75) is 0 Å². The molecular formula is C48H31NOS. The number of hydrogen-bond acceptors (Lipinski definition) is 3. The molecule has 10 aromatic rings. The lowest BCUT2D eigenvalue weighted by Crippen LogP contribution is -2.11. The Bertz CT molecular complexity index is 2850. The second kappa shape index (κ2) is 12.2. The number of anilines is 3.